The van der Waals surface area contributed by atoms with Gasteiger partial charge in [-0.1, -0.05) is 11.6 Å². The first-order chi connectivity index (χ1) is 11.1. The summed E-state index contributed by atoms with van der Waals surface area (Å²) in [5.74, 6) is 0.478. The number of aromatic nitrogens is 3. The molecule has 0 unspecified atom stereocenters. The topological polar surface area (TPSA) is 30.7 Å². The number of fused-ring (bicyclic) bond motifs is 1. The van der Waals surface area contributed by atoms with Crippen molar-refractivity contribution in [1.29, 1.82) is 0 Å². The monoisotopic (exact) mass is 481 g/mol. The van der Waals surface area contributed by atoms with E-state index in [2.05, 4.69) is 41.8 Å². The maximum absolute atomic E-state index is 13.0. The molecule has 2 heterocycles. The molecule has 0 aliphatic carbocycles. The van der Waals surface area contributed by atoms with Crippen molar-refractivity contribution in [2.75, 3.05) is 0 Å². The molecule has 0 saturated heterocycles. The average Bonchev–Trinajstić information content (AvgIpc) is 2.74. The lowest BCUT2D eigenvalue weighted by molar-refractivity contribution is -0.137. The Morgan fingerprint density at radius 1 is 1.08 bits per heavy atom. The third-order valence-electron chi connectivity index (χ3n) is 3.49. The van der Waals surface area contributed by atoms with Gasteiger partial charge < -0.3 is 0 Å². The van der Waals surface area contributed by atoms with E-state index < -0.39 is 11.7 Å². The molecule has 3 nitrogen and oxygen atoms in total. The van der Waals surface area contributed by atoms with Crippen LogP contribution >= 0.6 is 43.5 Å². The van der Waals surface area contributed by atoms with E-state index in [9.17, 15) is 13.2 Å². The first-order valence-corrected chi connectivity index (χ1v) is 8.64. The minimum Gasteiger partial charge on any atom is -0.299 e. The zero-order valence-electron chi connectivity index (χ0n) is 12.3. The van der Waals surface area contributed by atoms with E-state index in [1.165, 1.54) is 0 Å². The number of aryl methyl sites for hydroxylation is 2. The predicted molar refractivity (Wildman–Crippen MR) is 93.8 cm³/mol. The van der Waals surface area contributed by atoms with Gasteiger partial charge >= 0.3 is 6.18 Å². The largest absolute Gasteiger partial charge is 0.416 e. The van der Waals surface area contributed by atoms with Crippen molar-refractivity contribution in [3.63, 3.8) is 0 Å². The molecule has 9 heteroatoms. The highest BCUT2D eigenvalue weighted by Crippen LogP contribution is 2.39. The second kappa shape index (κ2) is 6.00. The number of nitrogens with zero attached hydrogens (tertiary/aromatic N) is 3. The van der Waals surface area contributed by atoms with Crippen LogP contribution in [0.5, 0.6) is 0 Å². The highest BCUT2D eigenvalue weighted by molar-refractivity contribution is 9.11. The van der Waals surface area contributed by atoms with E-state index in [4.69, 9.17) is 11.6 Å². The molecular formula is C15H9Br2ClF3N3. The van der Waals surface area contributed by atoms with Crippen molar-refractivity contribution < 1.29 is 13.2 Å². The summed E-state index contributed by atoms with van der Waals surface area (Å²) in [5, 5.41) is 0.980. The van der Waals surface area contributed by atoms with Crippen molar-refractivity contribution in [1.82, 2.24) is 14.5 Å². The number of hydrogen-bond donors (Lipinski definition) is 0. The number of halogens is 6. The van der Waals surface area contributed by atoms with Crippen LogP contribution in [0.4, 0.5) is 13.2 Å². The summed E-state index contributed by atoms with van der Waals surface area (Å²) in [6, 6.07) is 2.08. The van der Waals surface area contributed by atoms with Crippen LogP contribution in [-0.2, 0) is 6.18 Å². The van der Waals surface area contributed by atoms with Gasteiger partial charge in [-0.25, -0.2) is 9.97 Å². The smallest absolute Gasteiger partial charge is 0.299 e. The van der Waals surface area contributed by atoms with E-state index in [1.54, 1.807) is 17.7 Å². The second-order valence-corrected chi connectivity index (χ2v) is 7.30. The van der Waals surface area contributed by atoms with Crippen LogP contribution in [0.2, 0.25) is 5.15 Å². The molecule has 0 fully saturated rings. The molecular weight excluding hydrogens is 474 g/mol. The zero-order valence-corrected chi connectivity index (χ0v) is 16.3. The number of benzene rings is 1. The van der Waals surface area contributed by atoms with Gasteiger partial charge in [0.15, 0.2) is 0 Å². The maximum Gasteiger partial charge on any atom is 0.416 e. The second-order valence-electron chi connectivity index (χ2n) is 5.23. The van der Waals surface area contributed by atoms with Gasteiger partial charge in [-0.05, 0) is 63.4 Å². The summed E-state index contributed by atoms with van der Waals surface area (Å²) < 4.78 is 41.1. The molecule has 0 radical (unpaired) electrons. The normalized spacial score (nSPS) is 12.2. The summed E-state index contributed by atoms with van der Waals surface area (Å²) >= 11 is 12.7. The molecule has 0 amide bonds. The van der Waals surface area contributed by atoms with Crippen LogP contribution in [0.25, 0.3) is 16.7 Å². The fourth-order valence-electron chi connectivity index (χ4n) is 2.49. The summed E-state index contributed by atoms with van der Waals surface area (Å²) in [5.41, 5.74) is 1.12. The molecule has 0 saturated carbocycles. The van der Waals surface area contributed by atoms with Crippen molar-refractivity contribution in [2.24, 2.45) is 0 Å². The molecule has 0 bridgehead atoms. The summed E-state index contributed by atoms with van der Waals surface area (Å²) in [7, 11) is 0. The van der Waals surface area contributed by atoms with Crippen molar-refractivity contribution in [3.05, 3.63) is 49.4 Å². The summed E-state index contributed by atoms with van der Waals surface area (Å²) in [6.07, 6.45) is -2.66. The van der Waals surface area contributed by atoms with Gasteiger partial charge in [-0.3, -0.25) is 4.57 Å². The van der Waals surface area contributed by atoms with Crippen LogP contribution in [0.1, 0.15) is 17.0 Å². The van der Waals surface area contributed by atoms with Gasteiger partial charge in [0.2, 0.25) is 0 Å². The van der Waals surface area contributed by atoms with E-state index in [1.807, 2.05) is 6.92 Å². The first kappa shape index (κ1) is 17.7. The van der Waals surface area contributed by atoms with Crippen LogP contribution in [-0.4, -0.2) is 14.5 Å². The fraction of sp³-hybridized carbons (Fsp3) is 0.200. The summed E-state index contributed by atoms with van der Waals surface area (Å²) in [4.78, 5) is 8.52. The van der Waals surface area contributed by atoms with Crippen molar-refractivity contribution >= 4 is 54.5 Å². The predicted octanol–water partition coefficient (Wildman–Crippen LogP) is 6.23. The van der Waals surface area contributed by atoms with Gasteiger partial charge in [-0.2, -0.15) is 13.2 Å². The highest BCUT2D eigenvalue weighted by atomic mass is 79.9. The number of alkyl halides is 3. The van der Waals surface area contributed by atoms with Crippen LogP contribution in [0, 0.1) is 13.8 Å². The van der Waals surface area contributed by atoms with Crippen molar-refractivity contribution in [3.8, 4) is 5.69 Å². The van der Waals surface area contributed by atoms with Crippen LogP contribution in [0.15, 0.2) is 27.3 Å². The molecule has 24 heavy (non-hydrogen) atoms. The van der Waals surface area contributed by atoms with Gasteiger partial charge in [0.1, 0.15) is 16.6 Å². The maximum atomic E-state index is 13.0. The van der Waals surface area contributed by atoms with Crippen LogP contribution in [0.3, 0.4) is 0 Å². The standard InChI is InChI=1S/C15H9Br2ClF3N3/c1-6-5-24(14-11(6)13(18)22-7(2)23-14)12-9(16)3-8(4-10(12)17)15(19,20)21/h3-5H,1-2H3. The molecule has 3 rings (SSSR count). The molecule has 126 valence electrons. The van der Waals surface area contributed by atoms with E-state index >= 15 is 0 Å². The fourth-order valence-corrected chi connectivity index (χ4v) is 4.41. The van der Waals surface area contributed by atoms with E-state index in [0.717, 1.165) is 17.7 Å². The minimum atomic E-state index is -4.43. The molecule has 0 atom stereocenters. The zero-order chi connectivity index (χ0) is 17.8. The third-order valence-corrected chi connectivity index (χ3v) is 4.97. The molecule has 0 aliphatic heterocycles. The number of rotatable bonds is 1. The highest BCUT2D eigenvalue weighted by Gasteiger charge is 2.32. The Morgan fingerprint density at radius 2 is 1.67 bits per heavy atom. The van der Waals surface area contributed by atoms with E-state index in [-0.39, 0.29) is 8.95 Å². The van der Waals surface area contributed by atoms with Gasteiger partial charge in [0.25, 0.3) is 0 Å². The first-order valence-electron chi connectivity index (χ1n) is 6.68. The Hall–Kier alpha value is -1.12. The minimum absolute atomic E-state index is 0.286. The SMILES string of the molecule is Cc1nc(Cl)c2c(C)cn(-c3c(Br)cc(C(F)(F)F)cc3Br)c2n1. The molecule has 1 aromatic carbocycles. The lowest BCUT2D eigenvalue weighted by atomic mass is 10.2. The quantitative estimate of drug-likeness (QED) is 0.384. The molecule has 0 spiro atoms. The average molecular weight is 484 g/mol. The lowest BCUT2D eigenvalue weighted by Crippen LogP contribution is -2.07. The van der Waals surface area contributed by atoms with Crippen LogP contribution < -0.4 is 0 Å². The van der Waals surface area contributed by atoms with Gasteiger partial charge in [0.05, 0.1) is 16.6 Å². The Labute approximate surface area is 157 Å². The van der Waals surface area contributed by atoms with E-state index in [0.29, 0.717) is 27.7 Å². The third kappa shape index (κ3) is 2.95. The van der Waals surface area contributed by atoms with Crippen molar-refractivity contribution in [2.45, 2.75) is 20.0 Å². The number of hydrogen-bond acceptors (Lipinski definition) is 2. The molecule has 3 aromatic rings. The Balaban J connectivity index is 2.33. The van der Waals surface area contributed by atoms with Gasteiger partial charge in [-0.15, -0.1) is 0 Å². The van der Waals surface area contributed by atoms with Gasteiger partial charge in [0, 0.05) is 15.1 Å². The lowest BCUT2D eigenvalue weighted by Gasteiger charge is -2.14. The molecule has 0 aliphatic rings. The molecule has 2 aromatic heterocycles. The Bertz CT molecular complexity index is 944. The Kier molecular flexibility index (Phi) is 4.42. The summed E-state index contributed by atoms with van der Waals surface area (Å²) in [6.45, 7) is 3.55. The molecule has 0 N–H and O–H groups in total. The Morgan fingerprint density at radius 3 is 2.21 bits per heavy atom.